The number of hydrogen-bond acceptors (Lipinski definition) is 4. The Morgan fingerprint density at radius 2 is 1.85 bits per heavy atom. The van der Waals surface area contributed by atoms with Gasteiger partial charge in [0, 0.05) is 30.3 Å². The van der Waals surface area contributed by atoms with E-state index in [1.54, 1.807) is 0 Å². The van der Waals surface area contributed by atoms with Crippen molar-refractivity contribution in [2.75, 3.05) is 31.6 Å². The molecular formula is C21H19ClF6N2O3. The van der Waals surface area contributed by atoms with Crippen LogP contribution in [0.15, 0.2) is 48.5 Å². The molecule has 1 aliphatic heterocycles. The monoisotopic (exact) mass is 496 g/mol. The minimum absolute atomic E-state index is 0.00244. The van der Waals surface area contributed by atoms with Gasteiger partial charge in [-0.1, -0.05) is 23.7 Å². The lowest BCUT2D eigenvalue weighted by Gasteiger charge is -2.35. The van der Waals surface area contributed by atoms with Crippen molar-refractivity contribution in [2.24, 2.45) is 0 Å². The van der Waals surface area contributed by atoms with Gasteiger partial charge in [-0.2, -0.15) is 26.3 Å². The molecule has 2 aromatic rings. The van der Waals surface area contributed by atoms with Gasteiger partial charge in [0.25, 0.3) is 0 Å². The molecule has 180 valence electrons. The molecule has 1 heterocycles. The Kier molecular flexibility index (Phi) is 7.76. The standard InChI is InChI=1S/C21H19ClF6N2O3/c22-15-4-6-16(7-5-15)29-19(31)33-18(21(26,27)28)12-30-8-9-32-17(11-30)13-2-1-3-14(10-13)20(23,24)25/h1-7,10,17-18H,8-9,11-12H2,(H,29,31)/t17-,18?/m0/s1. The number of morpholine rings is 1. The fourth-order valence-electron chi connectivity index (χ4n) is 3.24. The summed E-state index contributed by atoms with van der Waals surface area (Å²) in [6.45, 7) is -0.709. The molecule has 1 fully saturated rings. The summed E-state index contributed by atoms with van der Waals surface area (Å²) in [6, 6.07) is 10.1. The smallest absolute Gasteiger partial charge is 0.426 e. The van der Waals surface area contributed by atoms with Gasteiger partial charge in [-0.05, 0) is 42.0 Å². The second kappa shape index (κ2) is 10.2. The third-order valence-electron chi connectivity index (χ3n) is 4.87. The zero-order valence-corrected chi connectivity index (χ0v) is 17.7. The minimum atomic E-state index is -4.86. The van der Waals surface area contributed by atoms with Gasteiger partial charge < -0.3 is 9.47 Å². The van der Waals surface area contributed by atoms with Crippen molar-refractivity contribution < 1.29 is 40.6 Å². The summed E-state index contributed by atoms with van der Waals surface area (Å²) in [5.74, 6) is 0. The molecule has 0 aromatic heterocycles. The average molecular weight is 497 g/mol. The third kappa shape index (κ3) is 7.24. The summed E-state index contributed by atoms with van der Waals surface area (Å²) in [5.41, 5.74) is -0.489. The van der Waals surface area contributed by atoms with E-state index < -0.39 is 42.8 Å². The molecule has 0 bridgehead atoms. The fourth-order valence-corrected chi connectivity index (χ4v) is 3.36. The molecule has 12 heteroatoms. The van der Waals surface area contributed by atoms with Gasteiger partial charge in [-0.3, -0.25) is 10.2 Å². The number of halogens is 7. The predicted octanol–water partition coefficient (Wildman–Crippen LogP) is 5.91. The van der Waals surface area contributed by atoms with Gasteiger partial charge >= 0.3 is 18.4 Å². The van der Waals surface area contributed by atoms with Crippen LogP contribution in [0.25, 0.3) is 0 Å². The maximum absolute atomic E-state index is 13.5. The zero-order chi connectivity index (χ0) is 24.2. The normalized spacial score (nSPS) is 18.6. The van der Waals surface area contributed by atoms with E-state index in [2.05, 4.69) is 10.1 Å². The second-order valence-electron chi connectivity index (χ2n) is 7.31. The van der Waals surface area contributed by atoms with E-state index in [1.807, 2.05) is 0 Å². The third-order valence-corrected chi connectivity index (χ3v) is 5.12. The minimum Gasteiger partial charge on any atom is -0.435 e. The number of hydrogen-bond donors (Lipinski definition) is 1. The molecule has 0 saturated carbocycles. The van der Waals surface area contributed by atoms with Crippen molar-refractivity contribution in [2.45, 2.75) is 24.6 Å². The number of nitrogens with one attached hydrogen (secondary N) is 1. The number of rotatable bonds is 5. The van der Waals surface area contributed by atoms with Gasteiger partial charge in [-0.25, -0.2) is 4.79 Å². The van der Waals surface area contributed by atoms with Gasteiger partial charge in [0.15, 0.2) is 0 Å². The van der Waals surface area contributed by atoms with Crippen LogP contribution in [-0.2, 0) is 15.7 Å². The maximum Gasteiger partial charge on any atom is 0.426 e. The molecule has 0 aliphatic carbocycles. The number of nitrogens with zero attached hydrogens (tertiary/aromatic N) is 1. The fraction of sp³-hybridized carbons (Fsp3) is 0.381. The molecule has 2 aromatic carbocycles. The van der Waals surface area contributed by atoms with E-state index in [4.69, 9.17) is 16.3 Å². The molecule has 1 amide bonds. The van der Waals surface area contributed by atoms with Crippen LogP contribution in [0.3, 0.4) is 0 Å². The topological polar surface area (TPSA) is 50.8 Å². The van der Waals surface area contributed by atoms with Crippen LogP contribution in [0.4, 0.5) is 36.8 Å². The molecule has 3 rings (SSSR count). The molecule has 0 spiro atoms. The predicted molar refractivity (Wildman–Crippen MR) is 108 cm³/mol. The molecule has 1 saturated heterocycles. The lowest BCUT2D eigenvalue weighted by atomic mass is 10.0. The first kappa shape index (κ1) is 25.1. The molecule has 1 N–H and O–H groups in total. The van der Waals surface area contributed by atoms with Crippen LogP contribution < -0.4 is 5.32 Å². The Morgan fingerprint density at radius 1 is 1.15 bits per heavy atom. The summed E-state index contributed by atoms with van der Waals surface area (Å²) >= 11 is 5.72. The summed E-state index contributed by atoms with van der Waals surface area (Å²) in [4.78, 5) is 13.3. The Bertz CT molecular complexity index is 952. The van der Waals surface area contributed by atoms with Crippen LogP contribution >= 0.6 is 11.6 Å². The first-order chi connectivity index (χ1) is 15.4. The number of anilines is 1. The summed E-state index contributed by atoms with van der Waals surface area (Å²) in [7, 11) is 0. The molecule has 33 heavy (non-hydrogen) atoms. The van der Waals surface area contributed by atoms with Gasteiger partial charge in [0.05, 0.1) is 18.3 Å². The summed E-state index contributed by atoms with van der Waals surface area (Å²) in [5, 5.41) is 2.57. The van der Waals surface area contributed by atoms with Crippen LogP contribution in [-0.4, -0.2) is 49.5 Å². The van der Waals surface area contributed by atoms with Gasteiger partial charge in [-0.15, -0.1) is 0 Å². The zero-order valence-electron chi connectivity index (χ0n) is 16.9. The van der Waals surface area contributed by atoms with Crippen molar-refractivity contribution in [1.29, 1.82) is 0 Å². The number of benzene rings is 2. The maximum atomic E-state index is 13.5. The highest BCUT2D eigenvalue weighted by molar-refractivity contribution is 6.30. The molecule has 0 radical (unpaired) electrons. The second-order valence-corrected chi connectivity index (χ2v) is 7.75. The van der Waals surface area contributed by atoms with Crippen molar-refractivity contribution in [3.63, 3.8) is 0 Å². The Labute approximate surface area is 190 Å². The average Bonchev–Trinajstić information content (AvgIpc) is 2.74. The van der Waals surface area contributed by atoms with E-state index in [9.17, 15) is 31.1 Å². The lowest BCUT2D eigenvalue weighted by molar-refractivity contribution is -0.209. The van der Waals surface area contributed by atoms with Gasteiger partial charge in [0.2, 0.25) is 6.10 Å². The number of carbonyl (C=O) groups is 1. The van der Waals surface area contributed by atoms with Crippen molar-refractivity contribution >= 4 is 23.4 Å². The van der Waals surface area contributed by atoms with Crippen molar-refractivity contribution in [1.82, 2.24) is 4.90 Å². The van der Waals surface area contributed by atoms with E-state index >= 15 is 0 Å². The van der Waals surface area contributed by atoms with Crippen LogP contribution in [0.2, 0.25) is 5.02 Å². The SMILES string of the molecule is O=C(Nc1ccc(Cl)cc1)OC(CN1CCO[C@H](c2cccc(C(F)(F)F)c2)C1)C(F)(F)F. The lowest BCUT2D eigenvalue weighted by Crippen LogP contribution is -2.48. The Morgan fingerprint density at radius 3 is 2.48 bits per heavy atom. The van der Waals surface area contributed by atoms with E-state index in [-0.39, 0.29) is 30.9 Å². The number of carbonyl (C=O) groups excluding carboxylic acids is 1. The highest BCUT2D eigenvalue weighted by atomic mass is 35.5. The first-order valence-corrected chi connectivity index (χ1v) is 10.1. The van der Waals surface area contributed by atoms with E-state index in [0.29, 0.717) is 5.02 Å². The van der Waals surface area contributed by atoms with Crippen molar-refractivity contribution in [3.05, 3.63) is 64.7 Å². The molecule has 5 nitrogen and oxygen atoms in total. The van der Waals surface area contributed by atoms with E-state index in [1.165, 1.54) is 41.3 Å². The highest BCUT2D eigenvalue weighted by Crippen LogP contribution is 2.33. The molecular weight excluding hydrogens is 478 g/mol. The number of amides is 1. The molecule has 2 atom stereocenters. The Hall–Kier alpha value is -2.50. The van der Waals surface area contributed by atoms with Gasteiger partial charge in [0.1, 0.15) is 0 Å². The quantitative estimate of drug-likeness (QED) is 0.523. The van der Waals surface area contributed by atoms with Crippen LogP contribution in [0.5, 0.6) is 0 Å². The van der Waals surface area contributed by atoms with Crippen molar-refractivity contribution in [3.8, 4) is 0 Å². The van der Waals surface area contributed by atoms with E-state index in [0.717, 1.165) is 12.1 Å². The first-order valence-electron chi connectivity index (χ1n) is 9.73. The summed E-state index contributed by atoms with van der Waals surface area (Å²) < 4.78 is 89.6. The Balaban J connectivity index is 1.65. The molecule has 1 unspecified atom stereocenters. The molecule has 1 aliphatic rings. The van der Waals surface area contributed by atoms with Crippen LogP contribution in [0.1, 0.15) is 17.2 Å². The largest absolute Gasteiger partial charge is 0.435 e. The summed E-state index contributed by atoms with van der Waals surface area (Å²) in [6.07, 6.45) is -14.0. The number of ether oxygens (including phenoxy) is 2. The highest BCUT2D eigenvalue weighted by Gasteiger charge is 2.44. The van der Waals surface area contributed by atoms with Crippen LogP contribution in [0, 0.1) is 0 Å². The number of alkyl halides is 6.